The molecule has 0 saturated heterocycles. The molecule has 0 aromatic heterocycles. The predicted octanol–water partition coefficient (Wildman–Crippen LogP) is 1.09. The number of hydrogen-bond acceptors (Lipinski definition) is 1. The van der Waals surface area contributed by atoms with E-state index in [-0.39, 0.29) is 0 Å². The third kappa shape index (κ3) is 1.57. The molecule has 0 heterocycles. The summed E-state index contributed by atoms with van der Waals surface area (Å²) < 4.78 is 0.503. The molecule has 1 fully saturated rings. The Hall–Kier alpha value is 0.670. The summed E-state index contributed by atoms with van der Waals surface area (Å²) in [5, 5.41) is 0. The molecule has 0 amide bonds. The molecule has 1 aliphatic carbocycles. The van der Waals surface area contributed by atoms with Crippen LogP contribution >= 0.6 is 0 Å². The molecule has 1 atom stereocenters. The van der Waals surface area contributed by atoms with Crippen molar-refractivity contribution in [2.24, 2.45) is 0 Å². The van der Waals surface area contributed by atoms with Crippen molar-refractivity contribution in [1.29, 1.82) is 0 Å². The number of rotatable bonds is 0. The fourth-order valence-corrected chi connectivity index (χ4v) is 1.85. The summed E-state index contributed by atoms with van der Waals surface area (Å²) in [4.78, 5) is 10.8. The van der Waals surface area contributed by atoms with Crippen LogP contribution in [0, 0.1) is 0 Å². The molecular weight excluding hydrogens is 111 g/mol. The first-order chi connectivity index (χ1) is 3.80. The molecule has 1 nitrogen and oxygen atoms in total. The Morgan fingerprint density at radius 3 is 2.62 bits per heavy atom. The van der Waals surface area contributed by atoms with Crippen molar-refractivity contribution in [3.8, 4) is 0 Å². The van der Waals surface area contributed by atoms with Crippen molar-refractivity contribution in [1.82, 2.24) is 0 Å². The first-order valence-electron chi connectivity index (χ1n) is 3.33. The molecule has 40 valence electrons. The normalized spacial score (nSPS) is 30.8. The molecule has 1 rings (SSSR count). The van der Waals surface area contributed by atoms with Gasteiger partial charge in [0.1, 0.15) is 0 Å². The zero-order valence-electron chi connectivity index (χ0n) is 5.31. The summed E-state index contributed by atoms with van der Waals surface area (Å²) in [6.45, 7) is 0. The molecule has 8 heavy (non-hydrogen) atoms. The Balaban J connectivity index is 2.39. The van der Waals surface area contributed by atoms with Crippen LogP contribution in [0.15, 0.2) is 0 Å². The standard InChI is InChI=1S/C6H9O.Na/c7-6-4-2-1-3-5-6;/h4H,1-3,5H2;. The van der Waals surface area contributed by atoms with Gasteiger partial charge in [0.2, 0.25) is 0 Å². The number of hydrogen-bond donors (Lipinski definition) is 0. The van der Waals surface area contributed by atoms with E-state index >= 15 is 0 Å². The van der Waals surface area contributed by atoms with Crippen molar-refractivity contribution < 1.29 is 4.79 Å². The molecule has 0 radical (unpaired) electrons. The average Bonchev–Trinajstić information content (AvgIpc) is 1.77. The van der Waals surface area contributed by atoms with Crippen LogP contribution in [-0.4, -0.2) is 33.7 Å². The second kappa shape index (κ2) is 3.00. The Labute approximate surface area is 67.3 Å². The third-order valence-electron chi connectivity index (χ3n) is 1.86. The van der Waals surface area contributed by atoms with Gasteiger partial charge in [0.15, 0.2) is 0 Å². The van der Waals surface area contributed by atoms with E-state index in [4.69, 9.17) is 0 Å². The predicted molar refractivity (Wildman–Crippen MR) is 33.0 cm³/mol. The van der Waals surface area contributed by atoms with Crippen LogP contribution < -0.4 is 0 Å². The van der Waals surface area contributed by atoms with Crippen LogP contribution in [-0.2, 0) is 4.79 Å². The summed E-state index contributed by atoms with van der Waals surface area (Å²) in [5.41, 5.74) is 0. The maximum absolute atomic E-state index is 10.8. The Kier molecular flexibility index (Phi) is 2.54. The summed E-state index contributed by atoms with van der Waals surface area (Å²) in [7, 11) is 0. The van der Waals surface area contributed by atoms with Gasteiger partial charge in [0.25, 0.3) is 0 Å². The van der Waals surface area contributed by atoms with E-state index in [0.717, 1.165) is 40.8 Å². The van der Waals surface area contributed by atoms with E-state index in [1.165, 1.54) is 12.8 Å². The Bertz CT molecular complexity index is 101. The number of ketones is 1. The van der Waals surface area contributed by atoms with Gasteiger partial charge in [-0.25, -0.2) is 0 Å². The summed E-state index contributed by atoms with van der Waals surface area (Å²) in [6.07, 6.45) is 4.50. The Morgan fingerprint density at radius 2 is 2.25 bits per heavy atom. The van der Waals surface area contributed by atoms with E-state index in [9.17, 15) is 4.79 Å². The molecule has 1 aliphatic rings. The first-order valence-corrected chi connectivity index (χ1v) is 4.49. The van der Waals surface area contributed by atoms with Crippen LogP contribution in [0.4, 0.5) is 0 Å². The van der Waals surface area contributed by atoms with Crippen LogP contribution in [0.2, 0.25) is 3.17 Å². The summed E-state index contributed by atoms with van der Waals surface area (Å²) >= 11 is 1.08. The van der Waals surface area contributed by atoms with E-state index in [0.29, 0.717) is 8.95 Å². The molecule has 1 unspecified atom stereocenters. The quantitative estimate of drug-likeness (QED) is 0.437. The number of carbonyl (C=O) groups is 1. The zero-order valence-corrected chi connectivity index (χ0v) is 7.31. The third-order valence-corrected chi connectivity index (χ3v) is 3.08. The molecule has 0 aromatic carbocycles. The summed E-state index contributed by atoms with van der Waals surface area (Å²) in [6, 6.07) is 0. The van der Waals surface area contributed by atoms with Gasteiger partial charge < -0.3 is 0 Å². The van der Waals surface area contributed by atoms with Crippen LogP contribution in [0.25, 0.3) is 0 Å². The number of carbonyl (C=O) groups excluding carboxylic acids is 1. The Morgan fingerprint density at radius 1 is 1.50 bits per heavy atom. The van der Waals surface area contributed by atoms with Crippen molar-refractivity contribution >= 4 is 33.7 Å². The van der Waals surface area contributed by atoms with Crippen molar-refractivity contribution in [3.05, 3.63) is 0 Å². The van der Waals surface area contributed by atoms with E-state index in [1.807, 2.05) is 0 Å². The fourth-order valence-electron chi connectivity index (χ4n) is 1.16. The summed E-state index contributed by atoms with van der Waals surface area (Å²) in [5.74, 6) is 0.530. The fraction of sp³-hybridized carbons (Fsp3) is 0.833. The maximum atomic E-state index is 10.8. The van der Waals surface area contributed by atoms with Gasteiger partial charge in [-0.3, -0.25) is 0 Å². The molecule has 0 spiro atoms. The SMILES string of the molecule is O=C1CCCC[CH]1[Na]. The van der Waals surface area contributed by atoms with E-state index in [2.05, 4.69) is 0 Å². The second-order valence-electron chi connectivity index (χ2n) is 2.61. The topological polar surface area (TPSA) is 17.1 Å². The van der Waals surface area contributed by atoms with Crippen LogP contribution in [0.1, 0.15) is 25.7 Å². The minimum atomic E-state index is 0.503. The van der Waals surface area contributed by atoms with Gasteiger partial charge in [0, 0.05) is 0 Å². The molecule has 0 N–H and O–H groups in total. The van der Waals surface area contributed by atoms with Crippen LogP contribution in [0.3, 0.4) is 0 Å². The van der Waals surface area contributed by atoms with E-state index < -0.39 is 0 Å². The molecule has 1 saturated carbocycles. The molecule has 0 aliphatic heterocycles. The van der Waals surface area contributed by atoms with Gasteiger partial charge in [-0.2, -0.15) is 0 Å². The monoisotopic (exact) mass is 120 g/mol. The average molecular weight is 120 g/mol. The second-order valence-corrected chi connectivity index (χ2v) is 4.01. The van der Waals surface area contributed by atoms with Crippen LogP contribution in [0.5, 0.6) is 0 Å². The first kappa shape index (κ1) is 6.79. The van der Waals surface area contributed by atoms with Crippen molar-refractivity contribution in [2.45, 2.75) is 28.9 Å². The zero-order chi connectivity index (χ0) is 5.98. The molecule has 2 heteroatoms. The van der Waals surface area contributed by atoms with Gasteiger partial charge in [0.05, 0.1) is 0 Å². The van der Waals surface area contributed by atoms with Crippen molar-refractivity contribution in [2.75, 3.05) is 0 Å². The van der Waals surface area contributed by atoms with E-state index in [1.54, 1.807) is 0 Å². The number of Topliss-reactive ketones (excluding diaryl/α,β-unsaturated/α-hetero) is 1. The minimum absolute atomic E-state index is 0.503. The molecule has 0 aromatic rings. The van der Waals surface area contributed by atoms with Gasteiger partial charge in [-0.1, -0.05) is 0 Å². The van der Waals surface area contributed by atoms with Gasteiger partial charge in [-0.15, -0.1) is 0 Å². The van der Waals surface area contributed by atoms with Gasteiger partial charge >= 0.3 is 67.4 Å². The molecular formula is C6H9NaO. The van der Waals surface area contributed by atoms with Crippen molar-refractivity contribution in [3.63, 3.8) is 0 Å². The van der Waals surface area contributed by atoms with Gasteiger partial charge in [-0.05, 0) is 0 Å². The molecule has 0 bridgehead atoms.